The minimum absolute atomic E-state index is 0.0363. The van der Waals surface area contributed by atoms with Crippen LogP contribution in [0, 0.1) is 0 Å². The van der Waals surface area contributed by atoms with E-state index in [2.05, 4.69) is 15.5 Å². The van der Waals surface area contributed by atoms with Crippen molar-refractivity contribution in [2.24, 2.45) is 0 Å². The summed E-state index contributed by atoms with van der Waals surface area (Å²) in [5, 5.41) is 6.54. The van der Waals surface area contributed by atoms with Crippen LogP contribution in [0.3, 0.4) is 0 Å². The second-order valence-corrected chi connectivity index (χ2v) is 6.10. The molecule has 0 aliphatic carbocycles. The molecule has 27 heavy (non-hydrogen) atoms. The molecule has 0 fully saturated rings. The van der Waals surface area contributed by atoms with Crippen LogP contribution in [0.1, 0.15) is 29.2 Å². The Kier molecular flexibility index (Phi) is 4.33. The van der Waals surface area contributed by atoms with E-state index in [1.54, 1.807) is 36.6 Å². The number of nitrogens with zero attached hydrogens (tertiary/aromatic N) is 3. The van der Waals surface area contributed by atoms with E-state index in [0.29, 0.717) is 17.5 Å². The normalized spacial score (nSPS) is 12.3. The van der Waals surface area contributed by atoms with Crippen molar-refractivity contribution in [3.8, 4) is 0 Å². The summed E-state index contributed by atoms with van der Waals surface area (Å²) < 4.78 is 16.8. The van der Waals surface area contributed by atoms with Crippen molar-refractivity contribution in [1.29, 1.82) is 0 Å². The van der Waals surface area contributed by atoms with Gasteiger partial charge in [-0.2, -0.15) is 4.98 Å². The van der Waals surface area contributed by atoms with Crippen LogP contribution in [0.5, 0.6) is 0 Å². The monoisotopic (exact) mass is 368 g/mol. The van der Waals surface area contributed by atoms with Gasteiger partial charge in [-0.25, -0.2) is 4.79 Å². The number of oxazole rings is 1. The maximum absolute atomic E-state index is 12.3. The molecule has 1 amide bonds. The first-order valence-corrected chi connectivity index (χ1v) is 8.34. The molecule has 9 nitrogen and oxygen atoms in total. The SMILES string of the molecule is C[C@@H](Cc1ccco1)NC(=O)c1nc(Cn2c(=O)oc3ccccc32)no1. The second kappa shape index (κ2) is 6.94. The molecule has 138 valence electrons. The number of carbonyl (C=O) groups is 1. The van der Waals surface area contributed by atoms with E-state index in [4.69, 9.17) is 13.4 Å². The van der Waals surface area contributed by atoms with Crippen LogP contribution in [-0.2, 0) is 13.0 Å². The number of benzene rings is 1. The third kappa shape index (κ3) is 3.52. The van der Waals surface area contributed by atoms with E-state index < -0.39 is 11.7 Å². The predicted molar refractivity (Wildman–Crippen MR) is 93.2 cm³/mol. The molecule has 9 heteroatoms. The van der Waals surface area contributed by atoms with E-state index in [1.165, 1.54) is 4.57 Å². The molecule has 1 N–H and O–H groups in total. The fourth-order valence-corrected chi connectivity index (χ4v) is 2.78. The number of para-hydroxylation sites is 2. The van der Waals surface area contributed by atoms with Crippen molar-refractivity contribution in [2.75, 3.05) is 0 Å². The van der Waals surface area contributed by atoms with Crippen LogP contribution in [-0.4, -0.2) is 26.7 Å². The quantitative estimate of drug-likeness (QED) is 0.553. The topological polar surface area (TPSA) is 116 Å². The summed E-state index contributed by atoms with van der Waals surface area (Å²) in [7, 11) is 0. The third-order valence-corrected chi connectivity index (χ3v) is 4.00. The molecule has 0 saturated carbocycles. The minimum Gasteiger partial charge on any atom is -0.469 e. The summed E-state index contributed by atoms with van der Waals surface area (Å²) >= 11 is 0. The van der Waals surface area contributed by atoms with Crippen LogP contribution >= 0.6 is 0 Å². The standard InChI is InChI=1S/C18H16N4O5/c1-11(9-12-5-4-8-25-12)19-16(23)17-20-15(21-27-17)10-22-13-6-2-3-7-14(13)26-18(22)24/h2-8,11H,9-10H2,1H3,(H,19,23)/t11-/m0/s1. The lowest BCUT2D eigenvalue weighted by atomic mass is 10.2. The Morgan fingerprint density at radius 2 is 2.11 bits per heavy atom. The molecule has 0 aliphatic rings. The van der Waals surface area contributed by atoms with Gasteiger partial charge >= 0.3 is 17.6 Å². The number of hydrogen-bond acceptors (Lipinski definition) is 7. The Balaban J connectivity index is 1.45. The van der Waals surface area contributed by atoms with Gasteiger partial charge in [0.25, 0.3) is 0 Å². The molecule has 0 aliphatic heterocycles. The molecule has 4 aromatic rings. The van der Waals surface area contributed by atoms with E-state index in [1.807, 2.05) is 13.0 Å². The van der Waals surface area contributed by atoms with Crippen LogP contribution in [0.15, 0.2) is 60.8 Å². The highest BCUT2D eigenvalue weighted by Crippen LogP contribution is 2.13. The second-order valence-electron chi connectivity index (χ2n) is 6.10. The first-order valence-electron chi connectivity index (χ1n) is 8.34. The first-order chi connectivity index (χ1) is 13.1. The van der Waals surface area contributed by atoms with Gasteiger partial charge in [0, 0.05) is 12.5 Å². The zero-order chi connectivity index (χ0) is 18.8. The lowest BCUT2D eigenvalue weighted by Gasteiger charge is -2.10. The third-order valence-electron chi connectivity index (χ3n) is 4.00. The Bertz CT molecular complexity index is 1120. The van der Waals surface area contributed by atoms with E-state index >= 15 is 0 Å². The molecule has 1 atom stereocenters. The van der Waals surface area contributed by atoms with Gasteiger partial charge in [0.1, 0.15) is 5.76 Å². The molecule has 0 saturated heterocycles. The van der Waals surface area contributed by atoms with Crippen LogP contribution in [0.2, 0.25) is 0 Å². The first kappa shape index (κ1) is 16.8. The van der Waals surface area contributed by atoms with Crippen molar-refractivity contribution in [1.82, 2.24) is 20.0 Å². The zero-order valence-corrected chi connectivity index (χ0v) is 14.4. The van der Waals surface area contributed by atoms with Gasteiger partial charge in [0.15, 0.2) is 11.4 Å². The summed E-state index contributed by atoms with van der Waals surface area (Å²) in [5.74, 6) is -0.221. The molecule has 1 aromatic carbocycles. The lowest BCUT2D eigenvalue weighted by Crippen LogP contribution is -2.34. The van der Waals surface area contributed by atoms with Crippen molar-refractivity contribution >= 4 is 17.0 Å². The number of furan rings is 1. The van der Waals surface area contributed by atoms with Crippen molar-refractivity contribution in [3.05, 3.63) is 70.7 Å². The maximum atomic E-state index is 12.3. The summed E-state index contributed by atoms with van der Waals surface area (Å²) in [6.07, 6.45) is 2.12. The molecule has 3 heterocycles. The summed E-state index contributed by atoms with van der Waals surface area (Å²) in [4.78, 5) is 28.3. The van der Waals surface area contributed by atoms with Gasteiger partial charge in [-0.3, -0.25) is 9.36 Å². The Hall–Kier alpha value is -3.62. The molecular weight excluding hydrogens is 352 g/mol. The van der Waals surface area contributed by atoms with Gasteiger partial charge in [-0.05, 0) is 31.2 Å². The van der Waals surface area contributed by atoms with E-state index in [9.17, 15) is 9.59 Å². The largest absolute Gasteiger partial charge is 0.469 e. The van der Waals surface area contributed by atoms with E-state index in [-0.39, 0.29) is 24.3 Å². The van der Waals surface area contributed by atoms with Crippen LogP contribution in [0.4, 0.5) is 0 Å². The summed E-state index contributed by atoms with van der Waals surface area (Å²) in [5.41, 5.74) is 1.08. The molecular formula is C18H16N4O5. The van der Waals surface area contributed by atoms with E-state index in [0.717, 1.165) is 5.76 Å². The Morgan fingerprint density at radius 1 is 1.26 bits per heavy atom. The van der Waals surface area contributed by atoms with Crippen molar-refractivity contribution < 1.29 is 18.2 Å². The highest BCUT2D eigenvalue weighted by atomic mass is 16.5. The molecule has 3 aromatic heterocycles. The maximum Gasteiger partial charge on any atom is 0.420 e. The highest BCUT2D eigenvalue weighted by Gasteiger charge is 2.19. The highest BCUT2D eigenvalue weighted by molar-refractivity contribution is 5.89. The van der Waals surface area contributed by atoms with Crippen molar-refractivity contribution in [2.45, 2.75) is 25.9 Å². The average molecular weight is 368 g/mol. The number of hydrogen-bond donors (Lipinski definition) is 1. The number of fused-ring (bicyclic) bond motifs is 1. The number of nitrogens with one attached hydrogen (secondary N) is 1. The lowest BCUT2D eigenvalue weighted by molar-refractivity contribution is 0.0895. The molecule has 0 spiro atoms. The van der Waals surface area contributed by atoms with Gasteiger partial charge in [0.05, 0.1) is 18.3 Å². The van der Waals surface area contributed by atoms with Gasteiger partial charge in [0.2, 0.25) is 0 Å². The average Bonchev–Trinajstić information content (AvgIpc) is 3.37. The Morgan fingerprint density at radius 3 is 2.93 bits per heavy atom. The minimum atomic E-state index is -0.529. The number of rotatable bonds is 6. The smallest absolute Gasteiger partial charge is 0.420 e. The molecule has 4 rings (SSSR count). The molecule has 0 bridgehead atoms. The zero-order valence-electron chi connectivity index (χ0n) is 14.4. The Labute approximate surface area is 152 Å². The fraction of sp³-hybridized carbons (Fsp3) is 0.222. The number of aromatic nitrogens is 3. The van der Waals surface area contributed by atoms with Gasteiger partial charge in [-0.1, -0.05) is 17.3 Å². The van der Waals surface area contributed by atoms with Gasteiger partial charge < -0.3 is 18.7 Å². The number of amides is 1. The van der Waals surface area contributed by atoms with Crippen LogP contribution < -0.4 is 11.1 Å². The molecule has 0 unspecified atom stereocenters. The fourth-order valence-electron chi connectivity index (χ4n) is 2.78. The summed E-state index contributed by atoms with van der Waals surface area (Å²) in [6.45, 7) is 1.88. The van der Waals surface area contributed by atoms with Gasteiger partial charge in [-0.15, -0.1) is 0 Å². The number of carbonyl (C=O) groups excluding carboxylic acids is 1. The molecule has 0 radical (unpaired) electrons. The van der Waals surface area contributed by atoms with Crippen LogP contribution in [0.25, 0.3) is 11.1 Å². The summed E-state index contributed by atoms with van der Waals surface area (Å²) in [6, 6.07) is 10.5. The van der Waals surface area contributed by atoms with Crippen molar-refractivity contribution in [3.63, 3.8) is 0 Å². The predicted octanol–water partition coefficient (Wildman–Crippen LogP) is 1.98.